The first-order valence-electron chi connectivity index (χ1n) is 9.50. The molecule has 1 aliphatic rings. The second kappa shape index (κ2) is 8.18. The number of ether oxygens (including phenoxy) is 1. The van der Waals surface area contributed by atoms with Gasteiger partial charge in [0.15, 0.2) is 0 Å². The predicted molar refractivity (Wildman–Crippen MR) is 110 cm³/mol. The Morgan fingerprint density at radius 2 is 1.97 bits per heavy atom. The maximum Gasteiger partial charge on any atom is 0.258 e. The average molecular weight is 390 g/mol. The number of aromatic nitrogens is 2. The van der Waals surface area contributed by atoms with Crippen LogP contribution in [0.2, 0.25) is 0 Å². The number of carbonyl (C=O) groups excluding carboxylic acids is 2. The molecule has 0 spiro atoms. The maximum absolute atomic E-state index is 12.7. The Morgan fingerprint density at radius 3 is 2.69 bits per heavy atom. The van der Waals surface area contributed by atoms with Gasteiger partial charge in [-0.2, -0.15) is 5.10 Å². The molecule has 1 fully saturated rings. The lowest BCUT2D eigenvalue weighted by molar-refractivity contribution is -0.117. The van der Waals surface area contributed by atoms with Crippen molar-refractivity contribution in [3.05, 3.63) is 72.1 Å². The molecule has 0 aliphatic carbocycles. The Balaban J connectivity index is 1.46. The Bertz CT molecular complexity index is 1030. The van der Waals surface area contributed by atoms with E-state index in [9.17, 15) is 9.59 Å². The fourth-order valence-corrected chi connectivity index (χ4v) is 3.40. The van der Waals surface area contributed by atoms with Gasteiger partial charge in [0.1, 0.15) is 5.75 Å². The van der Waals surface area contributed by atoms with Gasteiger partial charge in [-0.15, -0.1) is 0 Å². The quantitative estimate of drug-likeness (QED) is 0.701. The van der Waals surface area contributed by atoms with E-state index in [1.54, 1.807) is 35.2 Å². The number of carbonyl (C=O) groups is 2. The van der Waals surface area contributed by atoms with Crippen LogP contribution in [0.5, 0.6) is 5.75 Å². The standard InChI is InChI=1S/C22H22N4O3/c1-29-18-10-8-16(9-11-18)14-25-15-17(13-23-25)22(28)24-19-5-2-3-6-20(19)26-12-4-7-21(26)27/h2-3,5-6,8-11,13,15H,4,7,12,14H2,1H3,(H,24,28). The minimum absolute atomic E-state index is 0.0824. The summed E-state index contributed by atoms with van der Waals surface area (Å²) < 4.78 is 6.88. The Labute approximate surface area is 168 Å². The van der Waals surface area contributed by atoms with Crippen LogP contribution in [0, 0.1) is 0 Å². The number of anilines is 2. The molecule has 1 aromatic heterocycles. The van der Waals surface area contributed by atoms with Crippen LogP contribution in [-0.2, 0) is 11.3 Å². The van der Waals surface area contributed by atoms with Crippen molar-refractivity contribution in [2.45, 2.75) is 19.4 Å². The first-order valence-corrected chi connectivity index (χ1v) is 9.50. The van der Waals surface area contributed by atoms with Crippen LogP contribution in [0.25, 0.3) is 0 Å². The summed E-state index contributed by atoms with van der Waals surface area (Å²) in [6.45, 7) is 1.22. The minimum Gasteiger partial charge on any atom is -0.497 e. The third-order valence-electron chi connectivity index (χ3n) is 4.92. The fraction of sp³-hybridized carbons (Fsp3) is 0.227. The number of para-hydroxylation sites is 2. The Kier molecular flexibility index (Phi) is 5.29. The van der Waals surface area contributed by atoms with Crippen molar-refractivity contribution >= 4 is 23.2 Å². The summed E-state index contributed by atoms with van der Waals surface area (Å²) in [7, 11) is 1.63. The first-order chi connectivity index (χ1) is 14.1. The molecule has 7 nitrogen and oxygen atoms in total. The van der Waals surface area contributed by atoms with E-state index >= 15 is 0 Å². The van der Waals surface area contributed by atoms with Crippen LogP contribution in [0.4, 0.5) is 11.4 Å². The lowest BCUT2D eigenvalue weighted by atomic mass is 10.2. The lowest BCUT2D eigenvalue weighted by Crippen LogP contribution is -2.25. The molecule has 1 N–H and O–H groups in total. The van der Waals surface area contributed by atoms with E-state index in [0.717, 1.165) is 23.4 Å². The highest BCUT2D eigenvalue weighted by molar-refractivity contribution is 6.07. The number of nitrogens with zero attached hydrogens (tertiary/aromatic N) is 3. The molecule has 3 aromatic rings. The monoisotopic (exact) mass is 390 g/mol. The summed E-state index contributed by atoms with van der Waals surface area (Å²) in [4.78, 5) is 26.5. The predicted octanol–water partition coefficient (Wildman–Crippen LogP) is 3.32. The number of methoxy groups -OCH3 is 1. The summed E-state index contributed by atoms with van der Waals surface area (Å²) in [6, 6.07) is 15.1. The molecule has 0 unspecified atom stereocenters. The molecular weight excluding hydrogens is 368 g/mol. The number of nitrogens with one attached hydrogen (secondary N) is 1. The zero-order chi connectivity index (χ0) is 20.2. The van der Waals surface area contributed by atoms with Gasteiger partial charge in [-0.05, 0) is 36.2 Å². The SMILES string of the molecule is COc1ccc(Cn2cc(C(=O)Nc3ccccc3N3CCCC3=O)cn2)cc1. The van der Waals surface area contributed by atoms with Crippen LogP contribution < -0.4 is 15.0 Å². The third kappa shape index (κ3) is 4.13. The molecule has 0 saturated carbocycles. The van der Waals surface area contributed by atoms with Crippen molar-refractivity contribution in [2.24, 2.45) is 0 Å². The molecule has 7 heteroatoms. The zero-order valence-corrected chi connectivity index (χ0v) is 16.2. The van der Waals surface area contributed by atoms with Gasteiger partial charge in [0.25, 0.3) is 5.91 Å². The number of hydrogen-bond donors (Lipinski definition) is 1. The highest BCUT2D eigenvalue weighted by Crippen LogP contribution is 2.29. The molecule has 0 atom stereocenters. The molecule has 148 valence electrons. The minimum atomic E-state index is -0.259. The largest absolute Gasteiger partial charge is 0.497 e. The van der Waals surface area contributed by atoms with E-state index < -0.39 is 0 Å². The van der Waals surface area contributed by atoms with Crippen molar-refractivity contribution in [2.75, 3.05) is 23.9 Å². The van der Waals surface area contributed by atoms with Gasteiger partial charge in [-0.1, -0.05) is 24.3 Å². The van der Waals surface area contributed by atoms with Crippen LogP contribution >= 0.6 is 0 Å². The second-order valence-corrected chi connectivity index (χ2v) is 6.89. The van der Waals surface area contributed by atoms with Crippen molar-refractivity contribution in [3.63, 3.8) is 0 Å². The number of rotatable bonds is 6. The van der Waals surface area contributed by atoms with E-state index in [1.165, 1.54) is 0 Å². The topological polar surface area (TPSA) is 76.5 Å². The summed E-state index contributed by atoms with van der Waals surface area (Å²) in [5.74, 6) is 0.619. The Hall–Kier alpha value is -3.61. The van der Waals surface area contributed by atoms with E-state index in [2.05, 4.69) is 10.4 Å². The normalized spacial score (nSPS) is 13.6. The number of hydrogen-bond acceptors (Lipinski definition) is 4. The van der Waals surface area contributed by atoms with Crippen LogP contribution in [-0.4, -0.2) is 35.2 Å². The molecule has 29 heavy (non-hydrogen) atoms. The van der Waals surface area contributed by atoms with Crippen LogP contribution in [0.1, 0.15) is 28.8 Å². The Morgan fingerprint density at radius 1 is 1.17 bits per heavy atom. The summed E-state index contributed by atoms with van der Waals surface area (Å²) in [5, 5.41) is 7.20. The molecule has 2 heterocycles. The van der Waals surface area contributed by atoms with Gasteiger partial charge in [-0.25, -0.2) is 0 Å². The smallest absolute Gasteiger partial charge is 0.258 e. The van der Waals surface area contributed by atoms with E-state index in [0.29, 0.717) is 30.8 Å². The molecular formula is C22H22N4O3. The molecule has 0 bridgehead atoms. The average Bonchev–Trinajstić information content (AvgIpc) is 3.38. The van der Waals surface area contributed by atoms with Gasteiger partial charge in [0, 0.05) is 19.2 Å². The van der Waals surface area contributed by atoms with Crippen molar-refractivity contribution in [3.8, 4) is 5.75 Å². The molecule has 4 rings (SSSR count). The van der Waals surface area contributed by atoms with Crippen LogP contribution in [0.15, 0.2) is 60.9 Å². The molecule has 2 aromatic carbocycles. The fourth-order valence-electron chi connectivity index (χ4n) is 3.40. The van der Waals surface area contributed by atoms with Gasteiger partial charge < -0.3 is 15.0 Å². The summed E-state index contributed by atoms with van der Waals surface area (Å²) in [5.41, 5.74) is 2.87. The first kappa shape index (κ1) is 18.7. The zero-order valence-electron chi connectivity index (χ0n) is 16.2. The molecule has 2 amide bonds. The highest BCUT2D eigenvalue weighted by atomic mass is 16.5. The molecule has 1 aliphatic heterocycles. The highest BCUT2D eigenvalue weighted by Gasteiger charge is 2.24. The number of benzene rings is 2. The molecule has 1 saturated heterocycles. The lowest BCUT2D eigenvalue weighted by Gasteiger charge is -2.19. The van der Waals surface area contributed by atoms with E-state index in [1.807, 2.05) is 42.5 Å². The van der Waals surface area contributed by atoms with E-state index in [4.69, 9.17) is 4.74 Å². The maximum atomic E-state index is 12.7. The summed E-state index contributed by atoms with van der Waals surface area (Å²) in [6.07, 6.45) is 4.63. The molecule has 0 radical (unpaired) electrons. The van der Waals surface area contributed by atoms with E-state index in [-0.39, 0.29) is 11.8 Å². The van der Waals surface area contributed by atoms with Crippen molar-refractivity contribution in [1.29, 1.82) is 0 Å². The number of amides is 2. The third-order valence-corrected chi connectivity index (χ3v) is 4.92. The second-order valence-electron chi connectivity index (χ2n) is 6.89. The van der Waals surface area contributed by atoms with Gasteiger partial charge in [0.05, 0.1) is 36.8 Å². The van der Waals surface area contributed by atoms with Gasteiger partial charge >= 0.3 is 0 Å². The van der Waals surface area contributed by atoms with Gasteiger partial charge in [0.2, 0.25) is 5.91 Å². The van der Waals surface area contributed by atoms with Crippen LogP contribution in [0.3, 0.4) is 0 Å². The van der Waals surface area contributed by atoms with Crippen molar-refractivity contribution in [1.82, 2.24) is 9.78 Å². The van der Waals surface area contributed by atoms with Crippen molar-refractivity contribution < 1.29 is 14.3 Å². The summed E-state index contributed by atoms with van der Waals surface area (Å²) >= 11 is 0. The van der Waals surface area contributed by atoms with Gasteiger partial charge in [-0.3, -0.25) is 14.3 Å².